The summed E-state index contributed by atoms with van der Waals surface area (Å²) in [4.78, 5) is 25.0. The average Bonchev–Trinajstić information content (AvgIpc) is 2.79. The number of hydrogen-bond acceptors (Lipinski definition) is 4. The number of Topliss-reactive ketones (excluding diaryl/α,β-unsaturated/α-hetero) is 1. The molecule has 1 aliphatic heterocycles. The Morgan fingerprint density at radius 2 is 2.17 bits per heavy atom. The first-order chi connectivity index (χ1) is 8.67. The lowest BCUT2D eigenvalue weighted by atomic mass is 10.0. The minimum atomic E-state index is -0.562. The summed E-state index contributed by atoms with van der Waals surface area (Å²) in [6.07, 6.45) is -0.120. The molecule has 1 aromatic carbocycles. The summed E-state index contributed by atoms with van der Waals surface area (Å²) in [6, 6.07) is 6.61. The van der Waals surface area contributed by atoms with Gasteiger partial charge in [0.25, 0.3) is 0 Å². The Bertz CT molecular complexity index is 472. The van der Waals surface area contributed by atoms with Gasteiger partial charge < -0.3 is 9.47 Å². The van der Waals surface area contributed by atoms with Crippen LogP contribution in [-0.4, -0.2) is 37.5 Å². The van der Waals surface area contributed by atoms with Gasteiger partial charge in [-0.25, -0.2) is 4.79 Å². The average molecular weight is 249 g/mol. The van der Waals surface area contributed by atoms with E-state index in [0.717, 1.165) is 5.56 Å². The standard InChI is InChI=1S/C13H15NO4/c1-17-10-5-3-4-9(8-10)12-11(15)6-7-14(12)13(16)18-2/h3-5,8,12H,6-7H2,1-2H3. The topological polar surface area (TPSA) is 55.8 Å². The molecule has 96 valence electrons. The van der Waals surface area contributed by atoms with Gasteiger partial charge in [-0.3, -0.25) is 9.69 Å². The molecule has 1 aliphatic rings. The predicted octanol–water partition coefficient (Wildman–Crippen LogP) is 1.78. The molecule has 0 bridgehead atoms. The third kappa shape index (κ3) is 2.16. The van der Waals surface area contributed by atoms with Crippen molar-refractivity contribution < 1.29 is 19.1 Å². The van der Waals surface area contributed by atoms with Crippen LogP contribution >= 0.6 is 0 Å². The number of amides is 1. The maximum atomic E-state index is 11.9. The number of carbonyl (C=O) groups is 2. The Hall–Kier alpha value is -2.04. The van der Waals surface area contributed by atoms with Crippen LogP contribution in [0.2, 0.25) is 0 Å². The van der Waals surface area contributed by atoms with Gasteiger partial charge in [0.1, 0.15) is 11.8 Å². The number of hydrogen-bond donors (Lipinski definition) is 0. The monoisotopic (exact) mass is 249 g/mol. The van der Waals surface area contributed by atoms with E-state index in [-0.39, 0.29) is 5.78 Å². The van der Waals surface area contributed by atoms with E-state index >= 15 is 0 Å². The van der Waals surface area contributed by atoms with Gasteiger partial charge in [0, 0.05) is 13.0 Å². The van der Waals surface area contributed by atoms with E-state index in [4.69, 9.17) is 9.47 Å². The highest BCUT2D eigenvalue weighted by Crippen LogP contribution is 2.31. The first kappa shape index (κ1) is 12.4. The van der Waals surface area contributed by atoms with Gasteiger partial charge in [-0.15, -0.1) is 0 Å². The number of nitrogens with zero attached hydrogens (tertiary/aromatic N) is 1. The van der Waals surface area contributed by atoms with Gasteiger partial charge >= 0.3 is 6.09 Å². The van der Waals surface area contributed by atoms with Crippen LogP contribution < -0.4 is 4.74 Å². The molecular formula is C13H15NO4. The second-order valence-corrected chi connectivity index (χ2v) is 4.06. The van der Waals surface area contributed by atoms with E-state index in [1.165, 1.54) is 12.0 Å². The fourth-order valence-electron chi connectivity index (χ4n) is 2.16. The predicted molar refractivity (Wildman–Crippen MR) is 64.5 cm³/mol. The molecule has 0 saturated carbocycles. The van der Waals surface area contributed by atoms with Crippen LogP contribution in [0.4, 0.5) is 4.79 Å². The van der Waals surface area contributed by atoms with E-state index in [0.29, 0.717) is 18.7 Å². The summed E-state index contributed by atoms with van der Waals surface area (Å²) in [6.45, 7) is 0.396. The molecule has 1 fully saturated rings. The highest BCUT2D eigenvalue weighted by molar-refractivity contribution is 5.91. The lowest BCUT2D eigenvalue weighted by molar-refractivity contribution is -0.119. The number of benzene rings is 1. The van der Waals surface area contributed by atoms with Crippen LogP contribution in [0, 0.1) is 0 Å². The molecule has 1 saturated heterocycles. The van der Waals surface area contributed by atoms with Crippen molar-refractivity contribution in [1.29, 1.82) is 0 Å². The van der Waals surface area contributed by atoms with Crippen LogP contribution in [0.1, 0.15) is 18.0 Å². The molecule has 5 heteroatoms. The molecule has 0 aromatic heterocycles. The molecule has 1 atom stereocenters. The number of ketones is 1. The van der Waals surface area contributed by atoms with Crippen molar-refractivity contribution >= 4 is 11.9 Å². The van der Waals surface area contributed by atoms with Crippen LogP contribution in [0.25, 0.3) is 0 Å². The second-order valence-electron chi connectivity index (χ2n) is 4.06. The number of methoxy groups -OCH3 is 2. The molecule has 0 spiro atoms. The van der Waals surface area contributed by atoms with Gasteiger partial charge in [0.05, 0.1) is 14.2 Å². The van der Waals surface area contributed by atoms with E-state index in [1.807, 2.05) is 6.07 Å². The number of ether oxygens (including phenoxy) is 2. The van der Waals surface area contributed by atoms with Crippen LogP contribution in [0.3, 0.4) is 0 Å². The van der Waals surface area contributed by atoms with Crippen molar-refractivity contribution in [2.45, 2.75) is 12.5 Å². The SMILES string of the molecule is COC(=O)N1CCC(=O)C1c1cccc(OC)c1. The van der Waals surface area contributed by atoms with Crippen LogP contribution in [0.15, 0.2) is 24.3 Å². The van der Waals surface area contributed by atoms with E-state index in [2.05, 4.69) is 0 Å². The Morgan fingerprint density at radius 1 is 1.39 bits per heavy atom. The molecule has 1 aromatic rings. The molecule has 0 N–H and O–H groups in total. The zero-order valence-corrected chi connectivity index (χ0v) is 10.4. The number of rotatable bonds is 2. The molecule has 18 heavy (non-hydrogen) atoms. The molecular weight excluding hydrogens is 234 g/mol. The minimum Gasteiger partial charge on any atom is -0.497 e. The summed E-state index contributed by atoms with van der Waals surface area (Å²) >= 11 is 0. The third-order valence-electron chi connectivity index (χ3n) is 3.03. The first-order valence-electron chi connectivity index (χ1n) is 5.68. The van der Waals surface area contributed by atoms with E-state index in [1.54, 1.807) is 25.3 Å². The Labute approximate surface area is 105 Å². The van der Waals surface area contributed by atoms with Gasteiger partial charge in [0.2, 0.25) is 0 Å². The maximum Gasteiger partial charge on any atom is 0.410 e. The highest BCUT2D eigenvalue weighted by Gasteiger charge is 2.37. The Balaban J connectivity index is 2.33. The van der Waals surface area contributed by atoms with Crippen molar-refractivity contribution in [3.8, 4) is 5.75 Å². The van der Waals surface area contributed by atoms with Gasteiger partial charge in [-0.2, -0.15) is 0 Å². The largest absolute Gasteiger partial charge is 0.497 e. The number of carbonyl (C=O) groups excluding carboxylic acids is 2. The first-order valence-corrected chi connectivity index (χ1v) is 5.68. The van der Waals surface area contributed by atoms with Crippen LogP contribution in [0.5, 0.6) is 5.75 Å². The lowest BCUT2D eigenvalue weighted by Crippen LogP contribution is -2.32. The van der Waals surface area contributed by atoms with Gasteiger partial charge in [-0.05, 0) is 17.7 Å². The van der Waals surface area contributed by atoms with Gasteiger partial charge in [0.15, 0.2) is 5.78 Å². The quantitative estimate of drug-likeness (QED) is 0.801. The molecule has 1 heterocycles. The zero-order chi connectivity index (χ0) is 13.1. The minimum absolute atomic E-state index is 0.0219. The van der Waals surface area contributed by atoms with Gasteiger partial charge in [-0.1, -0.05) is 12.1 Å². The lowest BCUT2D eigenvalue weighted by Gasteiger charge is -2.22. The Morgan fingerprint density at radius 3 is 2.83 bits per heavy atom. The summed E-state index contributed by atoms with van der Waals surface area (Å²) in [7, 11) is 2.88. The van der Waals surface area contributed by atoms with E-state index < -0.39 is 12.1 Å². The molecule has 1 amide bonds. The fourth-order valence-corrected chi connectivity index (χ4v) is 2.16. The molecule has 0 radical (unpaired) electrons. The van der Waals surface area contributed by atoms with Crippen molar-refractivity contribution in [1.82, 2.24) is 4.90 Å². The zero-order valence-electron chi connectivity index (χ0n) is 10.4. The smallest absolute Gasteiger partial charge is 0.410 e. The molecule has 2 rings (SSSR count). The normalized spacial score (nSPS) is 18.9. The summed E-state index contributed by atoms with van der Waals surface area (Å²) in [5.74, 6) is 0.686. The fraction of sp³-hybridized carbons (Fsp3) is 0.385. The summed E-state index contributed by atoms with van der Waals surface area (Å²) < 4.78 is 9.82. The van der Waals surface area contributed by atoms with Crippen molar-refractivity contribution in [2.75, 3.05) is 20.8 Å². The molecule has 5 nitrogen and oxygen atoms in total. The molecule has 0 aliphatic carbocycles. The summed E-state index contributed by atoms with van der Waals surface area (Å²) in [5.41, 5.74) is 0.752. The highest BCUT2D eigenvalue weighted by atomic mass is 16.5. The Kier molecular flexibility index (Phi) is 3.50. The third-order valence-corrected chi connectivity index (χ3v) is 3.03. The van der Waals surface area contributed by atoms with E-state index in [9.17, 15) is 9.59 Å². The summed E-state index contributed by atoms with van der Waals surface area (Å²) in [5, 5.41) is 0. The van der Waals surface area contributed by atoms with Crippen molar-refractivity contribution in [2.24, 2.45) is 0 Å². The molecule has 1 unspecified atom stereocenters. The van der Waals surface area contributed by atoms with Crippen LogP contribution in [-0.2, 0) is 9.53 Å². The van der Waals surface area contributed by atoms with Crippen molar-refractivity contribution in [3.63, 3.8) is 0 Å². The second kappa shape index (κ2) is 5.08. The van der Waals surface area contributed by atoms with Crippen molar-refractivity contribution in [3.05, 3.63) is 29.8 Å². The maximum absolute atomic E-state index is 11.9. The number of likely N-dealkylation sites (tertiary alicyclic amines) is 1.